The molecule has 0 bridgehead atoms. The number of hydrogen-bond donors (Lipinski definition) is 2. The van der Waals surface area contributed by atoms with E-state index in [1.54, 1.807) is 44.2 Å². The van der Waals surface area contributed by atoms with Crippen LogP contribution in [0.5, 0.6) is 11.5 Å². The van der Waals surface area contributed by atoms with Crippen LogP contribution in [0.3, 0.4) is 0 Å². The van der Waals surface area contributed by atoms with Crippen molar-refractivity contribution in [1.82, 2.24) is 10.3 Å². The van der Waals surface area contributed by atoms with Gasteiger partial charge in [0.2, 0.25) is 5.89 Å². The largest absolute Gasteiger partial charge is 0.493 e. The lowest BCUT2D eigenvalue weighted by Crippen LogP contribution is -2.46. The molecule has 0 radical (unpaired) electrons. The molecule has 9 heteroatoms. The first-order valence-electron chi connectivity index (χ1n) is 13.3. The quantitative estimate of drug-likeness (QED) is 0.189. The van der Waals surface area contributed by atoms with E-state index in [4.69, 9.17) is 25.5 Å². The second kappa shape index (κ2) is 13.4. The number of aryl methyl sites for hydroxylation is 2. The number of amides is 1. The molecule has 1 aromatic heterocycles. The number of aromatic nitrogens is 1. The van der Waals surface area contributed by atoms with Crippen LogP contribution in [0.1, 0.15) is 42.8 Å². The van der Waals surface area contributed by atoms with Gasteiger partial charge in [0, 0.05) is 30.0 Å². The van der Waals surface area contributed by atoms with Gasteiger partial charge in [-0.25, -0.2) is 4.98 Å². The second-order valence-corrected chi connectivity index (χ2v) is 10.5. The molecular weight excluding hydrogens is 544 g/mol. The lowest BCUT2D eigenvalue weighted by molar-refractivity contribution is -0.137. The van der Waals surface area contributed by atoms with Gasteiger partial charge >= 0.3 is 5.97 Å². The number of benzene rings is 3. The van der Waals surface area contributed by atoms with Crippen LogP contribution in [-0.2, 0) is 29.0 Å². The fraction of sp³-hybridized carbons (Fsp3) is 0.281. The minimum absolute atomic E-state index is 0.0263. The Hall–Kier alpha value is -4.30. The average molecular weight is 577 g/mol. The monoisotopic (exact) mass is 576 g/mol. The van der Waals surface area contributed by atoms with Crippen molar-refractivity contribution in [3.8, 4) is 23.0 Å². The molecular formula is C32H33ClN2O6. The number of carbonyl (C=O) groups excluding carboxylic acids is 1. The number of halogens is 1. The molecule has 3 aromatic carbocycles. The van der Waals surface area contributed by atoms with Crippen LogP contribution >= 0.6 is 11.6 Å². The molecule has 0 unspecified atom stereocenters. The number of carbonyl (C=O) groups is 2. The molecule has 0 fully saturated rings. The van der Waals surface area contributed by atoms with Gasteiger partial charge in [0.05, 0.1) is 12.3 Å². The highest BCUT2D eigenvalue weighted by atomic mass is 35.5. The number of nitrogens with one attached hydrogen (secondary N) is 1. The van der Waals surface area contributed by atoms with E-state index < -0.39 is 11.6 Å². The van der Waals surface area contributed by atoms with Gasteiger partial charge in [-0.1, -0.05) is 35.9 Å². The minimum Gasteiger partial charge on any atom is -0.493 e. The normalized spacial score (nSPS) is 11.2. The Morgan fingerprint density at radius 1 is 0.976 bits per heavy atom. The highest BCUT2D eigenvalue weighted by Gasteiger charge is 2.30. The zero-order valence-electron chi connectivity index (χ0n) is 23.3. The molecule has 1 amide bonds. The van der Waals surface area contributed by atoms with Crippen molar-refractivity contribution in [2.24, 2.45) is 0 Å². The van der Waals surface area contributed by atoms with Crippen LogP contribution in [0.4, 0.5) is 0 Å². The standard InChI is InChI=1S/C32H33ClN2O6/c1-21-28(35-30(40-21)23-7-5-4-6-8-23)17-18-39-27-13-9-22(10-16-29(36)37)24(19-27)20-34-31(38)32(2,3)41-26-14-11-25(33)12-15-26/h4-9,11-15,19H,10,16-18,20H2,1-3H3,(H,34,38)(H,36,37). The molecule has 4 aromatic rings. The molecule has 0 spiro atoms. The third-order valence-corrected chi connectivity index (χ3v) is 6.73. The summed E-state index contributed by atoms with van der Waals surface area (Å²) in [6, 6.07) is 22.0. The first-order valence-corrected chi connectivity index (χ1v) is 13.7. The van der Waals surface area contributed by atoms with Crippen molar-refractivity contribution in [1.29, 1.82) is 0 Å². The third-order valence-electron chi connectivity index (χ3n) is 6.48. The van der Waals surface area contributed by atoms with Gasteiger partial charge < -0.3 is 24.3 Å². The summed E-state index contributed by atoms with van der Waals surface area (Å²) < 4.78 is 17.7. The summed E-state index contributed by atoms with van der Waals surface area (Å²) >= 11 is 5.94. The van der Waals surface area contributed by atoms with Gasteiger partial charge in [0.15, 0.2) is 5.60 Å². The summed E-state index contributed by atoms with van der Waals surface area (Å²) in [5.74, 6) is 1.22. The summed E-state index contributed by atoms with van der Waals surface area (Å²) in [5.41, 5.74) is 2.15. The number of nitrogens with zero attached hydrogens (tertiary/aromatic N) is 1. The van der Waals surface area contributed by atoms with E-state index in [0.717, 1.165) is 28.1 Å². The molecule has 0 saturated heterocycles. The summed E-state index contributed by atoms with van der Waals surface area (Å²) in [4.78, 5) is 28.9. The Morgan fingerprint density at radius 3 is 2.39 bits per heavy atom. The molecule has 1 heterocycles. The van der Waals surface area contributed by atoms with E-state index in [9.17, 15) is 14.7 Å². The Balaban J connectivity index is 1.40. The SMILES string of the molecule is Cc1oc(-c2ccccc2)nc1CCOc1ccc(CCC(=O)O)c(CNC(=O)C(C)(C)Oc2ccc(Cl)cc2)c1. The van der Waals surface area contributed by atoms with E-state index in [2.05, 4.69) is 10.3 Å². The van der Waals surface area contributed by atoms with Crippen molar-refractivity contribution in [2.75, 3.05) is 6.61 Å². The van der Waals surface area contributed by atoms with Crippen molar-refractivity contribution in [3.05, 3.63) is 100 Å². The van der Waals surface area contributed by atoms with E-state index in [1.807, 2.05) is 49.4 Å². The van der Waals surface area contributed by atoms with Crippen LogP contribution in [-0.4, -0.2) is 34.2 Å². The van der Waals surface area contributed by atoms with Crippen molar-refractivity contribution in [3.63, 3.8) is 0 Å². The van der Waals surface area contributed by atoms with E-state index >= 15 is 0 Å². The Kier molecular flexibility index (Phi) is 9.68. The lowest BCUT2D eigenvalue weighted by atomic mass is 10.0. The number of ether oxygens (including phenoxy) is 2. The maximum absolute atomic E-state index is 13.0. The molecule has 0 aliphatic heterocycles. The van der Waals surface area contributed by atoms with Gasteiger partial charge in [-0.2, -0.15) is 0 Å². The molecule has 41 heavy (non-hydrogen) atoms. The first kappa shape index (κ1) is 29.7. The molecule has 0 atom stereocenters. The number of rotatable bonds is 13. The average Bonchev–Trinajstić information content (AvgIpc) is 3.32. The van der Waals surface area contributed by atoms with E-state index in [0.29, 0.717) is 41.9 Å². The van der Waals surface area contributed by atoms with Gasteiger partial charge in [-0.3, -0.25) is 9.59 Å². The molecule has 0 saturated carbocycles. The zero-order valence-corrected chi connectivity index (χ0v) is 24.0. The second-order valence-electron chi connectivity index (χ2n) is 10.1. The molecule has 214 valence electrons. The van der Waals surface area contributed by atoms with Crippen LogP contribution < -0.4 is 14.8 Å². The molecule has 2 N–H and O–H groups in total. The fourth-order valence-corrected chi connectivity index (χ4v) is 4.33. The first-order chi connectivity index (χ1) is 19.6. The van der Waals surface area contributed by atoms with Crippen LogP contribution in [0.2, 0.25) is 5.02 Å². The van der Waals surface area contributed by atoms with Gasteiger partial charge in [0.25, 0.3) is 5.91 Å². The minimum atomic E-state index is -1.16. The summed E-state index contributed by atoms with van der Waals surface area (Å²) in [6.07, 6.45) is 0.846. The van der Waals surface area contributed by atoms with Gasteiger partial charge in [0.1, 0.15) is 17.3 Å². The van der Waals surface area contributed by atoms with Crippen LogP contribution in [0, 0.1) is 6.92 Å². The molecule has 0 aliphatic carbocycles. The number of aliphatic carboxylic acids is 1. The van der Waals surface area contributed by atoms with Crippen molar-refractivity contribution >= 4 is 23.5 Å². The summed E-state index contributed by atoms with van der Waals surface area (Å²) in [7, 11) is 0. The Labute approximate surface area is 244 Å². The Bertz CT molecular complexity index is 1480. The summed E-state index contributed by atoms with van der Waals surface area (Å²) in [5, 5.41) is 12.7. The predicted molar refractivity (Wildman–Crippen MR) is 156 cm³/mol. The maximum atomic E-state index is 13.0. The smallest absolute Gasteiger partial charge is 0.303 e. The topological polar surface area (TPSA) is 111 Å². The van der Waals surface area contributed by atoms with Crippen LogP contribution in [0.15, 0.2) is 77.2 Å². The summed E-state index contributed by atoms with van der Waals surface area (Å²) in [6.45, 7) is 5.78. The van der Waals surface area contributed by atoms with Gasteiger partial charge in [-0.15, -0.1) is 0 Å². The van der Waals surface area contributed by atoms with E-state index in [-0.39, 0.29) is 18.9 Å². The fourth-order valence-electron chi connectivity index (χ4n) is 4.20. The molecule has 0 aliphatic rings. The number of oxazole rings is 1. The number of carboxylic acids is 1. The molecule has 4 rings (SSSR count). The molecule has 8 nitrogen and oxygen atoms in total. The third kappa shape index (κ3) is 8.35. The predicted octanol–water partition coefficient (Wildman–Crippen LogP) is 6.42. The van der Waals surface area contributed by atoms with Gasteiger partial charge in [-0.05, 0) is 86.8 Å². The van der Waals surface area contributed by atoms with E-state index in [1.165, 1.54) is 0 Å². The van der Waals surface area contributed by atoms with Crippen molar-refractivity contribution in [2.45, 2.75) is 52.2 Å². The maximum Gasteiger partial charge on any atom is 0.303 e. The number of carboxylic acid groups (broad SMARTS) is 1. The highest BCUT2D eigenvalue weighted by molar-refractivity contribution is 6.30. The Morgan fingerprint density at radius 2 is 1.68 bits per heavy atom. The lowest BCUT2D eigenvalue weighted by Gasteiger charge is -2.25. The number of hydrogen-bond acceptors (Lipinski definition) is 6. The zero-order chi connectivity index (χ0) is 29.4. The van der Waals surface area contributed by atoms with Crippen molar-refractivity contribution < 1.29 is 28.6 Å². The highest BCUT2D eigenvalue weighted by Crippen LogP contribution is 2.24. The van der Waals surface area contributed by atoms with Crippen LogP contribution in [0.25, 0.3) is 11.5 Å².